The summed E-state index contributed by atoms with van der Waals surface area (Å²) in [4.78, 5) is 29.4. The first-order valence-electron chi connectivity index (χ1n) is 15.0. The Bertz CT molecular complexity index is 1750. The van der Waals surface area contributed by atoms with E-state index in [0.717, 1.165) is 28.5 Å². The molecule has 2 heterocycles. The molecule has 2 atom stereocenters. The monoisotopic (exact) mass is 749 g/mol. The predicted octanol–water partition coefficient (Wildman–Crippen LogP) is 8.53. The Morgan fingerprint density at radius 1 is 0.733 bits per heavy atom. The van der Waals surface area contributed by atoms with E-state index in [1.54, 1.807) is 18.2 Å². The number of rotatable bonds is 4. The lowest BCUT2D eigenvalue weighted by molar-refractivity contribution is -0.133. The smallest absolute Gasteiger partial charge is 0.227 e. The summed E-state index contributed by atoms with van der Waals surface area (Å²) in [5.74, 6) is 0.157. The highest BCUT2D eigenvalue weighted by Gasteiger charge is 2.29. The van der Waals surface area contributed by atoms with E-state index in [2.05, 4.69) is 65.9 Å². The third kappa shape index (κ3) is 7.38. The highest BCUT2D eigenvalue weighted by molar-refractivity contribution is 14.1. The summed E-state index contributed by atoms with van der Waals surface area (Å²) in [6.07, 6.45) is 2.31. The maximum atomic E-state index is 12.8. The number of nitriles is 1. The highest BCUT2D eigenvalue weighted by atomic mass is 127. The van der Waals surface area contributed by atoms with Gasteiger partial charge >= 0.3 is 0 Å². The molecule has 5 nitrogen and oxygen atoms in total. The summed E-state index contributed by atoms with van der Waals surface area (Å²) in [6.45, 7) is 5.63. The number of hydrogen-bond donors (Lipinski definition) is 0. The first-order chi connectivity index (χ1) is 21.7. The molecule has 0 saturated carbocycles. The Morgan fingerprint density at radius 2 is 1.20 bits per heavy atom. The van der Waals surface area contributed by atoms with Gasteiger partial charge in [-0.05, 0) is 107 Å². The summed E-state index contributed by atoms with van der Waals surface area (Å²) in [6, 6.07) is 29.8. The lowest BCUT2D eigenvalue weighted by atomic mass is 9.93. The molecule has 45 heavy (non-hydrogen) atoms. The molecule has 2 aliphatic rings. The van der Waals surface area contributed by atoms with E-state index in [1.807, 2.05) is 53.1 Å². The van der Waals surface area contributed by atoms with Crippen LogP contribution in [0.3, 0.4) is 0 Å². The molecule has 0 aromatic heterocycles. The Labute approximate surface area is 288 Å². The number of carbonyl (C=O) groups excluding carboxylic acids is 2. The van der Waals surface area contributed by atoms with Gasteiger partial charge in [0.1, 0.15) is 0 Å². The van der Waals surface area contributed by atoms with E-state index < -0.39 is 0 Å². The largest absolute Gasteiger partial charge is 0.335 e. The van der Waals surface area contributed by atoms with Gasteiger partial charge in [0.25, 0.3) is 0 Å². The van der Waals surface area contributed by atoms with E-state index in [4.69, 9.17) is 23.2 Å². The zero-order chi connectivity index (χ0) is 32.1. The SMILES string of the molecule is C[C@H]1c2ccccc2CCN1C(=O)Cc1c(Cl)cccc1C#N.C[C@H]1c2ccccc2CCN1C(=O)Cc1c(Cl)cccc1I. The van der Waals surface area contributed by atoms with Crippen molar-refractivity contribution < 1.29 is 9.59 Å². The minimum Gasteiger partial charge on any atom is -0.335 e. The van der Waals surface area contributed by atoms with E-state index in [9.17, 15) is 14.9 Å². The van der Waals surface area contributed by atoms with Crippen LogP contribution in [0.2, 0.25) is 10.0 Å². The van der Waals surface area contributed by atoms with Crippen LogP contribution in [0.15, 0.2) is 84.9 Å². The molecule has 0 N–H and O–H groups in total. The van der Waals surface area contributed by atoms with Crippen molar-refractivity contribution in [1.29, 1.82) is 5.26 Å². The molecule has 6 rings (SSSR count). The highest BCUT2D eigenvalue weighted by Crippen LogP contribution is 2.32. The number of halogens is 3. The van der Waals surface area contributed by atoms with E-state index in [0.29, 0.717) is 34.1 Å². The summed E-state index contributed by atoms with van der Waals surface area (Å²) in [5.41, 5.74) is 7.14. The van der Waals surface area contributed by atoms with Crippen LogP contribution >= 0.6 is 45.8 Å². The molecule has 0 fully saturated rings. The van der Waals surface area contributed by atoms with Gasteiger partial charge in [-0.2, -0.15) is 5.26 Å². The van der Waals surface area contributed by atoms with Crippen LogP contribution in [0.5, 0.6) is 0 Å². The van der Waals surface area contributed by atoms with Crippen molar-refractivity contribution in [1.82, 2.24) is 9.80 Å². The van der Waals surface area contributed by atoms with Gasteiger partial charge in [0.05, 0.1) is 36.6 Å². The number of carbonyl (C=O) groups is 2. The standard InChI is InChI=1S/C19H17ClN2O.C18H17ClINO/c1-13-16-7-3-2-5-14(16)9-10-22(13)19(23)11-17-15(12-21)6-4-8-18(17)20;1-12-14-6-3-2-5-13(14)9-10-21(12)18(22)11-15-16(19)7-4-8-17(15)20/h2-8,13H,9-11H2,1H3;2-8,12H,9-11H2,1H3/t13-;12-/m00/s1. The average Bonchev–Trinajstić information content (AvgIpc) is 3.04. The van der Waals surface area contributed by atoms with E-state index in [-0.39, 0.29) is 30.3 Å². The quantitative estimate of drug-likeness (QED) is 0.197. The third-order valence-corrected chi connectivity index (χ3v) is 10.5. The Balaban J connectivity index is 0.000000178. The van der Waals surface area contributed by atoms with Crippen molar-refractivity contribution in [3.05, 3.63) is 137 Å². The molecule has 0 unspecified atom stereocenters. The summed E-state index contributed by atoms with van der Waals surface area (Å²) >= 11 is 14.7. The van der Waals surface area contributed by atoms with Crippen LogP contribution in [0.4, 0.5) is 0 Å². The Kier molecular flexibility index (Phi) is 10.9. The maximum Gasteiger partial charge on any atom is 0.227 e. The molecular formula is C37H34Cl2IN3O2. The number of fused-ring (bicyclic) bond motifs is 2. The van der Waals surface area contributed by atoms with Crippen molar-refractivity contribution in [3.8, 4) is 6.07 Å². The summed E-state index contributed by atoms with van der Waals surface area (Å²) in [5, 5.41) is 10.4. The summed E-state index contributed by atoms with van der Waals surface area (Å²) in [7, 11) is 0. The zero-order valence-corrected chi connectivity index (χ0v) is 28.9. The van der Waals surface area contributed by atoms with Crippen molar-refractivity contribution in [2.45, 2.75) is 51.6 Å². The van der Waals surface area contributed by atoms with Gasteiger partial charge in [-0.15, -0.1) is 0 Å². The zero-order valence-electron chi connectivity index (χ0n) is 25.3. The molecule has 8 heteroatoms. The molecule has 4 aromatic rings. The third-order valence-electron chi connectivity index (χ3n) is 8.79. The Morgan fingerprint density at radius 3 is 1.71 bits per heavy atom. The lowest BCUT2D eigenvalue weighted by Gasteiger charge is -2.35. The van der Waals surface area contributed by atoms with Gasteiger partial charge in [0.15, 0.2) is 0 Å². The lowest BCUT2D eigenvalue weighted by Crippen LogP contribution is -2.39. The fourth-order valence-electron chi connectivity index (χ4n) is 6.27. The average molecular weight is 751 g/mol. The molecule has 2 aliphatic heterocycles. The van der Waals surface area contributed by atoms with Gasteiger partial charge in [-0.25, -0.2) is 0 Å². The van der Waals surface area contributed by atoms with E-state index >= 15 is 0 Å². The first-order valence-corrected chi connectivity index (χ1v) is 16.9. The van der Waals surface area contributed by atoms with Crippen LogP contribution in [0.25, 0.3) is 0 Å². The molecule has 0 radical (unpaired) electrons. The van der Waals surface area contributed by atoms with Crippen molar-refractivity contribution >= 4 is 57.6 Å². The van der Waals surface area contributed by atoms with Gasteiger partial charge in [-0.3, -0.25) is 9.59 Å². The van der Waals surface area contributed by atoms with E-state index in [1.165, 1.54) is 22.3 Å². The van der Waals surface area contributed by atoms with Crippen LogP contribution in [0.1, 0.15) is 64.9 Å². The fourth-order valence-corrected chi connectivity index (χ4v) is 7.61. The van der Waals surface area contributed by atoms with Gasteiger partial charge in [0, 0.05) is 26.7 Å². The maximum absolute atomic E-state index is 12.8. The number of amides is 2. The van der Waals surface area contributed by atoms with Crippen LogP contribution < -0.4 is 0 Å². The first kappa shape index (κ1) is 33.0. The molecule has 4 aromatic carbocycles. The fraction of sp³-hybridized carbons (Fsp3) is 0.270. The van der Waals surface area contributed by atoms with Gasteiger partial charge in [-0.1, -0.05) is 83.9 Å². The molecule has 230 valence electrons. The molecular weight excluding hydrogens is 716 g/mol. The second-order valence-electron chi connectivity index (χ2n) is 11.4. The molecule has 0 aliphatic carbocycles. The minimum atomic E-state index is 0.0107. The normalized spacial score (nSPS) is 16.9. The topological polar surface area (TPSA) is 64.4 Å². The van der Waals surface area contributed by atoms with Gasteiger partial charge < -0.3 is 9.80 Å². The van der Waals surface area contributed by atoms with Crippen LogP contribution in [-0.4, -0.2) is 34.7 Å². The number of hydrogen-bond acceptors (Lipinski definition) is 3. The van der Waals surface area contributed by atoms with Crippen molar-refractivity contribution in [2.24, 2.45) is 0 Å². The number of nitrogens with zero attached hydrogens (tertiary/aromatic N) is 3. The summed E-state index contributed by atoms with van der Waals surface area (Å²) < 4.78 is 1.04. The molecule has 0 spiro atoms. The predicted molar refractivity (Wildman–Crippen MR) is 188 cm³/mol. The molecule has 0 saturated heterocycles. The second kappa shape index (κ2) is 14.8. The molecule has 0 bridgehead atoms. The number of benzene rings is 4. The van der Waals surface area contributed by atoms with Crippen molar-refractivity contribution in [3.63, 3.8) is 0 Å². The van der Waals surface area contributed by atoms with Gasteiger partial charge in [0.2, 0.25) is 11.8 Å². The van der Waals surface area contributed by atoms with Crippen molar-refractivity contribution in [2.75, 3.05) is 13.1 Å². The van der Waals surface area contributed by atoms with Crippen LogP contribution in [-0.2, 0) is 35.3 Å². The molecule has 2 amide bonds. The Hall–Kier alpha value is -3.38. The minimum absolute atomic E-state index is 0.0107. The second-order valence-corrected chi connectivity index (χ2v) is 13.3. The van der Waals surface area contributed by atoms with Crippen LogP contribution in [0, 0.1) is 14.9 Å².